The van der Waals surface area contributed by atoms with Crippen molar-refractivity contribution in [2.24, 2.45) is 0 Å². The Kier molecular flexibility index (Phi) is 7.46. The number of halogens is 1. The molecule has 0 aromatic heterocycles. The largest absolute Gasteiger partial charge is 0.357 e. The maximum Gasteiger partial charge on any atom is 0.247 e. The van der Waals surface area contributed by atoms with E-state index in [1.807, 2.05) is 0 Å². The normalized spacial score (nSPS) is 12.4. The number of amides is 2. The van der Waals surface area contributed by atoms with Crippen molar-refractivity contribution in [3.63, 3.8) is 0 Å². The van der Waals surface area contributed by atoms with Gasteiger partial charge in [-0.05, 0) is 23.3 Å². The molecule has 2 amide bonds. The lowest BCUT2D eigenvalue weighted by atomic mass is 10.0. The van der Waals surface area contributed by atoms with Gasteiger partial charge in [0.15, 0.2) is 0 Å². The van der Waals surface area contributed by atoms with E-state index in [0.717, 1.165) is 10.6 Å². The molecule has 2 aromatic rings. The molecule has 0 bridgehead atoms. The number of nitrogens with one attached hydrogen (secondary N) is 1. The highest BCUT2D eigenvalue weighted by atomic mass is 32.2. The molecular weight excluding hydrogens is 397 g/mol. The molecule has 0 aliphatic rings. The summed E-state index contributed by atoms with van der Waals surface area (Å²) >= 11 is 0. The number of sulfonamides is 1. The first kappa shape index (κ1) is 22.5. The molecule has 0 saturated carbocycles. The quantitative estimate of drug-likeness (QED) is 0.700. The van der Waals surface area contributed by atoms with E-state index < -0.39 is 40.2 Å². The zero-order valence-corrected chi connectivity index (χ0v) is 17.3. The summed E-state index contributed by atoms with van der Waals surface area (Å²) in [7, 11) is -0.838. The molecular formula is C20H24FN3O4S. The second-order valence-electron chi connectivity index (χ2n) is 6.59. The Hall–Kier alpha value is -2.78. The highest BCUT2D eigenvalue weighted by Gasteiger charge is 2.32. The first-order chi connectivity index (χ1) is 13.6. The minimum atomic E-state index is -3.59. The second-order valence-corrected chi connectivity index (χ2v) is 8.68. The molecule has 0 aliphatic carbocycles. The number of hydrogen-bond acceptors (Lipinski definition) is 4. The van der Waals surface area contributed by atoms with Crippen LogP contribution in [0.3, 0.4) is 0 Å². The van der Waals surface area contributed by atoms with Crippen molar-refractivity contribution in [3.05, 3.63) is 71.5 Å². The highest BCUT2D eigenvalue weighted by Crippen LogP contribution is 2.24. The third-order valence-corrected chi connectivity index (χ3v) is 5.69. The summed E-state index contributed by atoms with van der Waals surface area (Å²) in [5.41, 5.74) is 1.18. The van der Waals surface area contributed by atoms with Gasteiger partial charge in [-0.3, -0.25) is 9.59 Å². The van der Waals surface area contributed by atoms with Crippen molar-refractivity contribution >= 4 is 21.8 Å². The summed E-state index contributed by atoms with van der Waals surface area (Å²) in [5, 5.41) is 2.55. The molecule has 2 aromatic carbocycles. The van der Waals surface area contributed by atoms with Crippen LogP contribution in [0.2, 0.25) is 0 Å². The predicted molar refractivity (Wildman–Crippen MR) is 108 cm³/mol. The van der Waals surface area contributed by atoms with Gasteiger partial charge in [0.2, 0.25) is 21.8 Å². The number of rotatable bonds is 8. The zero-order chi connectivity index (χ0) is 21.6. The molecule has 2 rings (SSSR count). The Morgan fingerprint density at radius 1 is 1.07 bits per heavy atom. The number of carbonyl (C=O) groups is 2. The topological polar surface area (TPSA) is 86.8 Å². The second kappa shape index (κ2) is 9.62. The summed E-state index contributed by atoms with van der Waals surface area (Å²) < 4.78 is 37.7. The average molecular weight is 421 g/mol. The van der Waals surface area contributed by atoms with E-state index in [1.54, 1.807) is 30.3 Å². The van der Waals surface area contributed by atoms with Crippen LogP contribution in [0.15, 0.2) is 54.6 Å². The Balaban J connectivity index is 2.46. The van der Waals surface area contributed by atoms with Crippen LogP contribution in [-0.2, 0) is 26.2 Å². The fourth-order valence-corrected chi connectivity index (χ4v) is 3.10. The molecule has 1 N–H and O–H groups in total. The molecule has 1 atom stereocenters. The van der Waals surface area contributed by atoms with Crippen LogP contribution in [0.5, 0.6) is 0 Å². The van der Waals surface area contributed by atoms with E-state index in [4.69, 9.17) is 0 Å². The van der Waals surface area contributed by atoms with Gasteiger partial charge in [-0.25, -0.2) is 12.8 Å². The van der Waals surface area contributed by atoms with Crippen molar-refractivity contribution < 1.29 is 22.4 Å². The van der Waals surface area contributed by atoms with E-state index in [0.29, 0.717) is 11.1 Å². The summed E-state index contributed by atoms with van der Waals surface area (Å²) in [6.45, 7) is -0.427. The lowest BCUT2D eigenvalue weighted by Crippen LogP contribution is -2.46. The maximum absolute atomic E-state index is 13.3. The summed E-state index contributed by atoms with van der Waals surface area (Å²) in [6, 6.07) is 13.3. The Labute approximate surface area is 170 Å². The predicted octanol–water partition coefficient (Wildman–Crippen LogP) is 1.53. The highest BCUT2D eigenvalue weighted by molar-refractivity contribution is 7.88. The van der Waals surface area contributed by atoms with Gasteiger partial charge in [0.1, 0.15) is 11.9 Å². The molecule has 7 nitrogen and oxygen atoms in total. The number of carbonyl (C=O) groups excluding carboxylic acids is 2. The van der Waals surface area contributed by atoms with Gasteiger partial charge in [-0.1, -0.05) is 42.5 Å². The van der Waals surface area contributed by atoms with E-state index in [9.17, 15) is 22.4 Å². The van der Waals surface area contributed by atoms with E-state index in [2.05, 4.69) is 5.32 Å². The van der Waals surface area contributed by atoms with Crippen molar-refractivity contribution in [1.29, 1.82) is 0 Å². The van der Waals surface area contributed by atoms with Crippen molar-refractivity contribution in [2.75, 3.05) is 26.9 Å². The molecule has 0 aliphatic heterocycles. The Morgan fingerprint density at radius 2 is 1.66 bits per heavy atom. The standard InChI is InChI=1S/C20H24FN3O4S/c1-22-20(26)19(16-7-5-4-6-8-16)24(13-15-9-11-17(21)12-10-15)18(25)14-23(2)29(3,27)28/h4-12,19H,13-14H2,1-3H3,(H,22,26)/t19-/m1/s1. The van der Waals surface area contributed by atoms with Gasteiger partial charge in [0, 0.05) is 20.6 Å². The number of nitrogens with zero attached hydrogens (tertiary/aromatic N) is 2. The van der Waals surface area contributed by atoms with Crippen molar-refractivity contribution in [3.8, 4) is 0 Å². The van der Waals surface area contributed by atoms with Gasteiger partial charge in [0.25, 0.3) is 0 Å². The minimum Gasteiger partial charge on any atom is -0.357 e. The number of hydrogen-bond donors (Lipinski definition) is 1. The molecule has 156 valence electrons. The fourth-order valence-electron chi connectivity index (χ4n) is 2.75. The molecule has 0 fully saturated rings. The number of likely N-dealkylation sites (N-methyl/N-ethyl adjacent to an activating group) is 2. The average Bonchev–Trinajstić information content (AvgIpc) is 2.68. The Bertz CT molecular complexity index is 949. The third kappa shape index (κ3) is 6.10. The van der Waals surface area contributed by atoms with E-state index in [1.165, 1.54) is 43.3 Å². The van der Waals surface area contributed by atoms with Gasteiger partial charge >= 0.3 is 0 Å². The summed E-state index contributed by atoms with van der Waals surface area (Å²) in [5.74, 6) is -1.40. The summed E-state index contributed by atoms with van der Waals surface area (Å²) in [6.07, 6.45) is 0.998. The van der Waals surface area contributed by atoms with Crippen LogP contribution in [0.1, 0.15) is 17.2 Å². The van der Waals surface area contributed by atoms with Crippen LogP contribution in [0, 0.1) is 5.82 Å². The minimum absolute atomic E-state index is 0.00367. The lowest BCUT2D eigenvalue weighted by Gasteiger charge is -2.32. The van der Waals surface area contributed by atoms with Crippen LogP contribution in [0.4, 0.5) is 4.39 Å². The fraction of sp³-hybridized carbons (Fsp3) is 0.300. The smallest absolute Gasteiger partial charge is 0.247 e. The van der Waals surface area contributed by atoms with Crippen LogP contribution >= 0.6 is 0 Å². The zero-order valence-electron chi connectivity index (χ0n) is 16.5. The first-order valence-electron chi connectivity index (χ1n) is 8.85. The van der Waals surface area contributed by atoms with Gasteiger partial charge in [0.05, 0.1) is 12.8 Å². The first-order valence-corrected chi connectivity index (χ1v) is 10.7. The lowest BCUT2D eigenvalue weighted by molar-refractivity contribution is -0.141. The Morgan fingerprint density at radius 3 is 2.17 bits per heavy atom. The molecule has 0 radical (unpaired) electrons. The van der Waals surface area contributed by atoms with E-state index in [-0.39, 0.29) is 6.54 Å². The van der Waals surface area contributed by atoms with Crippen LogP contribution in [0.25, 0.3) is 0 Å². The molecule has 29 heavy (non-hydrogen) atoms. The van der Waals surface area contributed by atoms with Crippen LogP contribution < -0.4 is 5.32 Å². The molecule has 0 heterocycles. The van der Waals surface area contributed by atoms with Crippen molar-refractivity contribution in [1.82, 2.24) is 14.5 Å². The van der Waals surface area contributed by atoms with E-state index >= 15 is 0 Å². The monoisotopic (exact) mass is 421 g/mol. The SMILES string of the molecule is CNC(=O)[C@@H](c1ccccc1)N(Cc1ccc(F)cc1)C(=O)CN(C)S(C)(=O)=O. The molecule has 0 spiro atoms. The van der Waals surface area contributed by atoms with Crippen LogP contribution in [-0.4, -0.2) is 56.3 Å². The molecule has 9 heteroatoms. The van der Waals surface area contributed by atoms with Gasteiger partial charge in [-0.2, -0.15) is 4.31 Å². The molecule has 0 unspecified atom stereocenters. The maximum atomic E-state index is 13.3. The van der Waals surface area contributed by atoms with Gasteiger partial charge in [-0.15, -0.1) is 0 Å². The van der Waals surface area contributed by atoms with Gasteiger partial charge < -0.3 is 10.2 Å². The van der Waals surface area contributed by atoms with Crippen molar-refractivity contribution in [2.45, 2.75) is 12.6 Å². The molecule has 0 saturated heterocycles. The summed E-state index contributed by atoms with van der Waals surface area (Å²) in [4.78, 5) is 27.1. The third-order valence-electron chi connectivity index (χ3n) is 4.43. The number of benzene rings is 2.